The molecule has 3 atom stereocenters. The van der Waals surface area contributed by atoms with Crippen molar-refractivity contribution in [3.63, 3.8) is 0 Å². The van der Waals surface area contributed by atoms with Crippen LogP contribution in [-0.2, 0) is 11.3 Å². The molecule has 0 spiro atoms. The Morgan fingerprint density at radius 3 is 2.75 bits per heavy atom. The fourth-order valence-corrected chi connectivity index (χ4v) is 4.62. The lowest BCUT2D eigenvalue weighted by molar-refractivity contribution is 0.128. The summed E-state index contributed by atoms with van der Waals surface area (Å²) in [6, 6.07) is 9.24. The number of aromatic nitrogens is 1. The van der Waals surface area contributed by atoms with E-state index in [1.807, 2.05) is 30.3 Å². The van der Waals surface area contributed by atoms with Gasteiger partial charge in [0, 0.05) is 17.5 Å². The number of hydrogen-bond donors (Lipinski definition) is 2. The summed E-state index contributed by atoms with van der Waals surface area (Å²) in [7, 11) is 0. The molecule has 148 valence electrons. The summed E-state index contributed by atoms with van der Waals surface area (Å²) in [5.41, 5.74) is 2.05. The molecule has 2 aliphatic rings. The van der Waals surface area contributed by atoms with E-state index in [2.05, 4.69) is 22.5 Å². The Labute approximate surface area is 164 Å². The fraction of sp³-hybridized carbons (Fsp3) is 0.455. The molecular weight excluding hydrogens is 357 g/mol. The van der Waals surface area contributed by atoms with Crippen LogP contribution in [0.15, 0.2) is 42.7 Å². The second-order valence-corrected chi connectivity index (χ2v) is 7.84. The monoisotopic (exact) mass is 383 g/mol. The van der Waals surface area contributed by atoms with Crippen LogP contribution in [0.1, 0.15) is 49.8 Å². The van der Waals surface area contributed by atoms with Crippen molar-refractivity contribution in [2.24, 2.45) is 11.8 Å². The second-order valence-electron chi connectivity index (χ2n) is 7.84. The molecule has 0 bridgehead atoms. The summed E-state index contributed by atoms with van der Waals surface area (Å²) in [5, 5.41) is 6.42. The Balaban J connectivity index is 1.52. The fourth-order valence-electron chi connectivity index (χ4n) is 4.62. The normalized spacial score (nSPS) is 24.3. The maximum absolute atomic E-state index is 14.6. The van der Waals surface area contributed by atoms with E-state index in [1.54, 1.807) is 6.20 Å². The minimum atomic E-state index is -0.532. The molecule has 28 heavy (non-hydrogen) atoms. The number of ether oxygens (including phenoxy) is 1. The third-order valence-corrected chi connectivity index (χ3v) is 6.06. The highest BCUT2D eigenvalue weighted by Gasteiger charge is 2.41. The minimum absolute atomic E-state index is 0.0387. The Morgan fingerprint density at radius 1 is 1.25 bits per heavy atom. The molecule has 1 aromatic heterocycles. The molecule has 0 saturated heterocycles. The number of rotatable bonds is 4. The van der Waals surface area contributed by atoms with E-state index in [9.17, 15) is 9.18 Å². The maximum Gasteiger partial charge on any atom is 0.407 e. The summed E-state index contributed by atoms with van der Waals surface area (Å²) in [6.45, 7) is 2.25. The number of fused-ring (bicyclic) bond motifs is 1. The van der Waals surface area contributed by atoms with Gasteiger partial charge in [0.15, 0.2) is 0 Å². The lowest BCUT2D eigenvalue weighted by Gasteiger charge is -2.41. The topological polar surface area (TPSA) is 63.2 Å². The molecule has 4 rings (SSSR count). The summed E-state index contributed by atoms with van der Waals surface area (Å²) < 4.78 is 20.0. The zero-order valence-electron chi connectivity index (χ0n) is 16.0. The molecular formula is C22H26FN3O2. The van der Waals surface area contributed by atoms with Crippen molar-refractivity contribution >= 4 is 11.8 Å². The van der Waals surface area contributed by atoms with Gasteiger partial charge in [-0.05, 0) is 24.3 Å². The number of carbonyl (C=O) groups excluding carboxylic acids is 1. The Kier molecular flexibility index (Phi) is 5.46. The number of alkyl carbamates (subject to hydrolysis) is 1. The first-order valence-electron chi connectivity index (χ1n) is 10.0. The van der Waals surface area contributed by atoms with Gasteiger partial charge in [-0.15, -0.1) is 0 Å². The van der Waals surface area contributed by atoms with Crippen LogP contribution >= 0.6 is 0 Å². The molecule has 6 heteroatoms. The third kappa shape index (κ3) is 3.81. The number of anilines is 1. The van der Waals surface area contributed by atoms with Gasteiger partial charge < -0.3 is 15.4 Å². The van der Waals surface area contributed by atoms with E-state index >= 15 is 0 Å². The van der Waals surface area contributed by atoms with E-state index in [-0.39, 0.29) is 18.6 Å². The smallest absolute Gasteiger partial charge is 0.407 e. The Hall–Kier alpha value is -2.63. The van der Waals surface area contributed by atoms with E-state index in [0.29, 0.717) is 17.2 Å². The van der Waals surface area contributed by atoms with Gasteiger partial charge in [0.05, 0.1) is 24.1 Å². The molecule has 2 heterocycles. The highest BCUT2D eigenvalue weighted by atomic mass is 19.1. The zero-order valence-corrected chi connectivity index (χ0v) is 16.0. The minimum Gasteiger partial charge on any atom is -0.445 e. The third-order valence-electron chi connectivity index (χ3n) is 6.06. The molecule has 2 aromatic rings. The van der Waals surface area contributed by atoms with Crippen LogP contribution in [-0.4, -0.2) is 17.1 Å². The van der Waals surface area contributed by atoms with Crippen molar-refractivity contribution < 1.29 is 13.9 Å². The first kappa shape index (κ1) is 18.7. The SMILES string of the molecule is C[C@@H]1C(NC(=O)OCc2ccccc2)c2c(F)cncc2N[C@H]1C1CCCC1. The number of nitrogens with zero attached hydrogens (tertiary/aromatic N) is 1. The zero-order chi connectivity index (χ0) is 19.5. The van der Waals surface area contributed by atoms with Crippen LogP contribution in [0.5, 0.6) is 0 Å². The lowest BCUT2D eigenvalue weighted by Crippen LogP contribution is -2.47. The Bertz CT molecular complexity index is 824. The van der Waals surface area contributed by atoms with Crippen LogP contribution in [0.2, 0.25) is 0 Å². The molecule has 5 nitrogen and oxygen atoms in total. The maximum atomic E-state index is 14.6. The van der Waals surface area contributed by atoms with Crippen LogP contribution in [0, 0.1) is 17.7 Å². The number of halogens is 1. The van der Waals surface area contributed by atoms with Gasteiger partial charge in [-0.3, -0.25) is 4.98 Å². The van der Waals surface area contributed by atoms with E-state index in [1.165, 1.54) is 19.0 Å². The van der Waals surface area contributed by atoms with Crippen molar-refractivity contribution in [2.45, 2.75) is 51.3 Å². The second kappa shape index (κ2) is 8.17. The van der Waals surface area contributed by atoms with E-state index in [4.69, 9.17) is 4.74 Å². The average molecular weight is 383 g/mol. The van der Waals surface area contributed by atoms with Crippen molar-refractivity contribution in [3.05, 3.63) is 59.7 Å². The van der Waals surface area contributed by atoms with Crippen LogP contribution < -0.4 is 10.6 Å². The summed E-state index contributed by atoms with van der Waals surface area (Å²) in [6.07, 6.45) is 7.08. The predicted molar refractivity (Wildman–Crippen MR) is 105 cm³/mol. The highest BCUT2D eigenvalue weighted by molar-refractivity contribution is 5.69. The van der Waals surface area contributed by atoms with Gasteiger partial charge in [0.2, 0.25) is 0 Å². The average Bonchev–Trinajstić information content (AvgIpc) is 3.24. The molecule has 1 aliphatic heterocycles. The van der Waals surface area contributed by atoms with E-state index in [0.717, 1.165) is 18.4 Å². The van der Waals surface area contributed by atoms with E-state index < -0.39 is 18.0 Å². The van der Waals surface area contributed by atoms with Crippen LogP contribution in [0.3, 0.4) is 0 Å². The quantitative estimate of drug-likeness (QED) is 0.795. The standard InChI is InChI=1S/C22H26FN3O2/c1-14-20(16-9-5-6-10-16)25-18-12-24-11-17(23)19(18)21(14)26-22(27)28-13-15-7-3-2-4-8-15/h2-4,7-8,11-12,14,16,20-21,25H,5-6,9-10,13H2,1H3,(H,26,27)/t14-,20+,21?/m0/s1. The van der Waals surface area contributed by atoms with Crippen LogP contribution in [0.4, 0.5) is 14.9 Å². The summed E-state index contributed by atoms with van der Waals surface area (Å²) in [4.78, 5) is 16.5. The van der Waals surface area contributed by atoms with Crippen molar-refractivity contribution in [1.82, 2.24) is 10.3 Å². The van der Waals surface area contributed by atoms with Gasteiger partial charge in [-0.25, -0.2) is 9.18 Å². The van der Waals surface area contributed by atoms with Gasteiger partial charge in [-0.2, -0.15) is 0 Å². The molecule has 2 N–H and O–H groups in total. The van der Waals surface area contributed by atoms with Crippen molar-refractivity contribution in [3.8, 4) is 0 Å². The Morgan fingerprint density at radius 2 is 2.00 bits per heavy atom. The summed E-state index contributed by atoms with van der Waals surface area (Å²) in [5.74, 6) is 0.155. The molecule has 1 unspecified atom stereocenters. The molecule has 1 aromatic carbocycles. The number of amides is 1. The molecule has 1 saturated carbocycles. The van der Waals surface area contributed by atoms with Gasteiger partial charge in [0.1, 0.15) is 12.4 Å². The molecule has 0 radical (unpaired) electrons. The number of nitrogens with one attached hydrogen (secondary N) is 2. The van der Waals surface area contributed by atoms with Gasteiger partial charge >= 0.3 is 6.09 Å². The molecule has 1 amide bonds. The number of pyridine rings is 1. The largest absolute Gasteiger partial charge is 0.445 e. The predicted octanol–water partition coefficient (Wildman–Crippen LogP) is 4.81. The van der Waals surface area contributed by atoms with Crippen molar-refractivity contribution in [1.29, 1.82) is 0 Å². The highest BCUT2D eigenvalue weighted by Crippen LogP contribution is 2.43. The van der Waals surface area contributed by atoms with Gasteiger partial charge in [0.25, 0.3) is 0 Å². The van der Waals surface area contributed by atoms with Gasteiger partial charge in [-0.1, -0.05) is 50.1 Å². The summed E-state index contributed by atoms with van der Waals surface area (Å²) >= 11 is 0. The van der Waals surface area contributed by atoms with Crippen LogP contribution in [0.25, 0.3) is 0 Å². The first-order chi connectivity index (χ1) is 13.6. The first-order valence-corrected chi connectivity index (χ1v) is 10.0. The number of benzene rings is 1. The number of hydrogen-bond acceptors (Lipinski definition) is 4. The van der Waals surface area contributed by atoms with Crippen molar-refractivity contribution in [2.75, 3.05) is 5.32 Å². The molecule has 1 aliphatic carbocycles. The molecule has 1 fully saturated rings. The number of carbonyl (C=O) groups is 1. The lowest BCUT2D eigenvalue weighted by atomic mass is 9.78.